The molecule has 0 atom stereocenters. The maximum Gasteiger partial charge on any atom is 0.264 e. The Labute approximate surface area is 213 Å². The SMILES string of the molecule is COc1ccc(C)cc1N(CC(=O)NCc1cccc(CN2CCCC2)c1)S(=O)(=O)c1ccccc1. The first kappa shape index (κ1) is 25.7. The van der Waals surface area contributed by atoms with Crippen LogP contribution in [0.3, 0.4) is 0 Å². The number of methoxy groups -OCH3 is 1. The molecule has 0 bridgehead atoms. The molecule has 0 radical (unpaired) electrons. The van der Waals surface area contributed by atoms with Gasteiger partial charge in [0.15, 0.2) is 0 Å². The molecule has 36 heavy (non-hydrogen) atoms. The Morgan fingerprint density at radius 3 is 2.42 bits per heavy atom. The van der Waals surface area contributed by atoms with Crippen LogP contribution in [0.25, 0.3) is 0 Å². The van der Waals surface area contributed by atoms with Gasteiger partial charge < -0.3 is 10.1 Å². The van der Waals surface area contributed by atoms with Crippen LogP contribution in [-0.2, 0) is 27.9 Å². The predicted molar refractivity (Wildman–Crippen MR) is 142 cm³/mol. The first-order valence-electron chi connectivity index (χ1n) is 12.2. The van der Waals surface area contributed by atoms with Crippen LogP contribution in [0, 0.1) is 6.92 Å². The molecule has 1 saturated heterocycles. The standard InChI is InChI=1S/C28H33N3O4S/c1-22-13-14-27(35-2)26(17-22)31(36(33,34)25-11-4-3-5-12-25)21-28(32)29-19-23-9-8-10-24(18-23)20-30-15-6-7-16-30/h3-5,8-14,17-18H,6-7,15-16,19-21H2,1-2H3,(H,29,32). The maximum atomic E-state index is 13.6. The van der Waals surface area contributed by atoms with Gasteiger partial charge in [-0.05, 0) is 73.8 Å². The third-order valence-electron chi connectivity index (χ3n) is 6.31. The number of amides is 1. The molecule has 0 spiro atoms. The van der Waals surface area contributed by atoms with Crippen LogP contribution in [0.15, 0.2) is 77.7 Å². The van der Waals surface area contributed by atoms with Crippen molar-refractivity contribution in [2.75, 3.05) is 31.0 Å². The summed E-state index contributed by atoms with van der Waals surface area (Å²) in [5.41, 5.74) is 3.37. The van der Waals surface area contributed by atoms with Crippen molar-refractivity contribution in [1.82, 2.24) is 10.2 Å². The first-order valence-corrected chi connectivity index (χ1v) is 13.6. The van der Waals surface area contributed by atoms with Crippen LogP contribution in [0.1, 0.15) is 29.5 Å². The van der Waals surface area contributed by atoms with Crippen molar-refractivity contribution in [3.63, 3.8) is 0 Å². The summed E-state index contributed by atoms with van der Waals surface area (Å²) in [5, 5.41) is 2.90. The van der Waals surface area contributed by atoms with E-state index in [-0.39, 0.29) is 11.4 Å². The summed E-state index contributed by atoms with van der Waals surface area (Å²) in [7, 11) is -2.53. The van der Waals surface area contributed by atoms with E-state index in [0.29, 0.717) is 18.0 Å². The Morgan fingerprint density at radius 2 is 1.69 bits per heavy atom. The zero-order chi connectivity index (χ0) is 25.5. The fraction of sp³-hybridized carbons (Fsp3) is 0.321. The third-order valence-corrected chi connectivity index (χ3v) is 8.08. The quantitative estimate of drug-likeness (QED) is 0.447. The molecule has 0 aliphatic carbocycles. The maximum absolute atomic E-state index is 13.6. The summed E-state index contributed by atoms with van der Waals surface area (Å²) < 4.78 is 33.8. The average molecular weight is 508 g/mol. The minimum atomic E-state index is -4.01. The first-order chi connectivity index (χ1) is 17.4. The molecule has 1 aliphatic rings. The van der Waals surface area contributed by atoms with Gasteiger partial charge in [-0.1, -0.05) is 48.5 Å². The smallest absolute Gasteiger partial charge is 0.264 e. The Morgan fingerprint density at radius 1 is 0.972 bits per heavy atom. The highest BCUT2D eigenvalue weighted by atomic mass is 32.2. The van der Waals surface area contributed by atoms with E-state index in [4.69, 9.17) is 4.74 Å². The second-order valence-corrected chi connectivity index (χ2v) is 10.9. The molecule has 1 N–H and O–H groups in total. The highest BCUT2D eigenvalue weighted by molar-refractivity contribution is 7.92. The Balaban J connectivity index is 1.53. The third kappa shape index (κ3) is 6.25. The van der Waals surface area contributed by atoms with E-state index in [0.717, 1.165) is 35.1 Å². The van der Waals surface area contributed by atoms with Gasteiger partial charge in [0.05, 0.1) is 17.7 Å². The predicted octanol–water partition coefficient (Wildman–Crippen LogP) is 4.11. The van der Waals surface area contributed by atoms with E-state index in [2.05, 4.69) is 22.3 Å². The van der Waals surface area contributed by atoms with Crippen LogP contribution in [0.4, 0.5) is 5.69 Å². The number of aryl methyl sites for hydroxylation is 1. The Kier molecular flexibility index (Phi) is 8.28. The number of benzene rings is 3. The zero-order valence-corrected chi connectivity index (χ0v) is 21.6. The van der Waals surface area contributed by atoms with Gasteiger partial charge in [-0.25, -0.2) is 8.42 Å². The number of carbonyl (C=O) groups excluding carboxylic acids is 1. The average Bonchev–Trinajstić information content (AvgIpc) is 3.40. The van der Waals surface area contributed by atoms with E-state index >= 15 is 0 Å². The lowest BCUT2D eigenvalue weighted by molar-refractivity contribution is -0.119. The molecule has 1 amide bonds. The van der Waals surface area contributed by atoms with Gasteiger partial charge in [0.25, 0.3) is 10.0 Å². The molecule has 4 rings (SSSR count). The Hall–Kier alpha value is -3.36. The molecule has 3 aromatic rings. The molecule has 0 saturated carbocycles. The second kappa shape index (κ2) is 11.6. The number of carbonyl (C=O) groups is 1. The molecule has 3 aromatic carbocycles. The number of nitrogens with zero attached hydrogens (tertiary/aromatic N) is 2. The number of anilines is 1. The molecule has 0 unspecified atom stereocenters. The van der Waals surface area contributed by atoms with Crippen LogP contribution in [0.5, 0.6) is 5.75 Å². The summed E-state index contributed by atoms with van der Waals surface area (Å²) in [6, 6.07) is 21.5. The summed E-state index contributed by atoms with van der Waals surface area (Å²) in [5.74, 6) is -0.0227. The Bertz CT molecular complexity index is 1290. The minimum Gasteiger partial charge on any atom is -0.495 e. The molecule has 1 aliphatic heterocycles. The van der Waals surface area contributed by atoms with E-state index in [9.17, 15) is 13.2 Å². The van der Waals surface area contributed by atoms with Gasteiger partial charge in [-0.15, -0.1) is 0 Å². The lowest BCUT2D eigenvalue weighted by Gasteiger charge is -2.26. The van der Waals surface area contributed by atoms with Crippen molar-refractivity contribution in [2.45, 2.75) is 37.8 Å². The van der Waals surface area contributed by atoms with E-state index < -0.39 is 15.9 Å². The van der Waals surface area contributed by atoms with Crippen LogP contribution >= 0.6 is 0 Å². The number of ether oxygens (including phenoxy) is 1. The van der Waals surface area contributed by atoms with E-state index in [1.165, 1.54) is 37.6 Å². The summed E-state index contributed by atoms with van der Waals surface area (Å²) in [4.78, 5) is 15.6. The summed E-state index contributed by atoms with van der Waals surface area (Å²) in [6.07, 6.45) is 2.48. The zero-order valence-electron chi connectivity index (χ0n) is 20.8. The van der Waals surface area contributed by atoms with Crippen molar-refractivity contribution in [3.8, 4) is 5.75 Å². The lowest BCUT2D eigenvalue weighted by Crippen LogP contribution is -2.41. The molecule has 1 fully saturated rings. The van der Waals surface area contributed by atoms with Crippen molar-refractivity contribution in [3.05, 3.63) is 89.5 Å². The number of nitrogens with one attached hydrogen (secondary N) is 1. The van der Waals surface area contributed by atoms with Gasteiger partial charge in [0.2, 0.25) is 5.91 Å². The van der Waals surface area contributed by atoms with Crippen molar-refractivity contribution in [1.29, 1.82) is 0 Å². The molecular formula is C28H33N3O4S. The largest absolute Gasteiger partial charge is 0.495 e. The van der Waals surface area contributed by atoms with Crippen molar-refractivity contribution >= 4 is 21.6 Å². The molecule has 0 aromatic heterocycles. The number of hydrogen-bond donors (Lipinski definition) is 1. The molecular weight excluding hydrogens is 474 g/mol. The van der Waals surface area contributed by atoms with Crippen LogP contribution in [-0.4, -0.2) is 46.0 Å². The molecule has 8 heteroatoms. The fourth-order valence-electron chi connectivity index (χ4n) is 4.44. The number of sulfonamides is 1. The number of likely N-dealkylation sites (tertiary alicyclic amines) is 1. The van der Waals surface area contributed by atoms with Gasteiger partial charge >= 0.3 is 0 Å². The summed E-state index contributed by atoms with van der Waals surface area (Å²) >= 11 is 0. The molecule has 1 heterocycles. The minimum absolute atomic E-state index is 0.107. The van der Waals surface area contributed by atoms with E-state index in [1.54, 1.807) is 30.3 Å². The van der Waals surface area contributed by atoms with Gasteiger partial charge in [-0.3, -0.25) is 14.0 Å². The van der Waals surface area contributed by atoms with Gasteiger partial charge in [0, 0.05) is 13.1 Å². The second-order valence-electron chi connectivity index (χ2n) is 9.08. The van der Waals surface area contributed by atoms with Gasteiger partial charge in [0.1, 0.15) is 12.3 Å². The fourth-order valence-corrected chi connectivity index (χ4v) is 5.88. The number of rotatable bonds is 10. The summed E-state index contributed by atoms with van der Waals surface area (Å²) in [6.45, 7) is 4.95. The van der Waals surface area contributed by atoms with Crippen LogP contribution < -0.4 is 14.4 Å². The van der Waals surface area contributed by atoms with Crippen molar-refractivity contribution in [2.24, 2.45) is 0 Å². The normalized spacial score (nSPS) is 13.9. The highest BCUT2D eigenvalue weighted by Gasteiger charge is 2.29. The highest BCUT2D eigenvalue weighted by Crippen LogP contribution is 2.33. The topological polar surface area (TPSA) is 79.0 Å². The van der Waals surface area contributed by atoms with Crippen molar-refractivity contribution < 1.29 is 17.9 Å². The lowest BCUT2D eigenvalue weighted by atomic mass is 10.1. The van der Waals surface area contributed by atoms with E-state index in [1.807, 2.05) is 25.1 Å². The molecule has 190 valence electrons. The monoisotopic (exact) mass is 507 g/mol. The van der Waals surface area contributed by atoms with Crippen LogP contribution in [0.2, 0.25) is 0 Å². The molecule has 7 nitrogen and oxygen atoms in total. The number of hydrogen-bond acceptors (Lipinski definition) is 5. The van der Waals surface area contributed by atoms with Gasteiger partial charge in [-0.2, -0.15) is 0 Å².